The fourth-order valence-electron chi connectivity index (χ4n) is 1.45. The number of carboxylic acid groups (broad SMARTS) is 1. The molecule has 0 saturated heterocycles. The highest BCUT2D eigenvalue weighted by Gasteiger charge is 2.07. The van der Waals surface area contributed by atoms with Crippen LogP contribution in [0.25, 0.3) is 0 Å². The Kier molecular flexibility index (Phi) is 3.62. The van der Waals surface area contributed by atoms with Gasteiger partial charge in [-0.25, -0.2) is 4.79 Å². The summed E-state index contributed by atoms with van der Waals surface area (Å²) in [7, 11) is 0. The predicted octanol–water partition coefficient (Wildman–Crippen LogP) is 3.64. The number of pyridine rings is 1. The zero-order valence-corrected chi connectivity index (χ0v) is 11.1. The number of halogens is 1. The van der Waals surface area contributed by atoms with Gasteiger partial charge in [-0.1, -0.05) is 15.9 Å². The van der Waals surface area contributed by atoms with Crippen LogP contribution in [0.4, 0.5) is 0 Å². The van der Waals surface area contributed by atoms with E-state index >= 15 is 0 Å². The van der Waals surface area contributed by atoms with Crippen LogP contribution in [-0.2, 0) is 0 Å². The molecule has 0 aliphatic heterocycles. The van der Waals surface area contributed by atoms with Gasteiger partial charge in [0, 0.05) is 10.7 Å². The minimum Gasteiger partial charge on any atom is -0.478 e. The second-order valence-corrected chi connectivity index (χ2v) is 4.64. The monoisotopic (exact) mass is 307 g/mol. The highest BCUT2D eigenvalue weighted by atomic mass is 79.9. The number of benzene rings is 1. The number of hydrogen-bond donors (Lipinski definition) is 1. The molecule has 1 aromatic carbocycles. The van der Waals surface area contributed by atoms with Gasteiger partial charge in [0.25, 0.3) is 0 Å². The minimum atomic E-state index is -1.03. The molecule has 2 aromatic rings. The van der Waals surface area contributed by atoms with E-state index in [1.54, 1.807) is 0 Å². The topological polar surface area (TPSA) is 59.4 Å². The van der Waals surface area contributed by atoms with E-state index in [0.717, 1.165) is 10.0 Å². The van der Waals surface area contributed by atoms with Crippen molar-refractivity contribution >= 4 is 21.9 Å². The van der Waals surface area contributed by atoms with Gasteiger partial charge in [0.1, 0.15) is 11.5 Å². The molecule has 0 bridgehead atoms. The van der Waals surface area contributed by atoms with Crippen molar-refractivity contribution in [3.8, 4) is 11.5 Å². The maximum Gasteiger partial charge on any atom is 0.337 e. The van der Waals surface area contributed by atoms with Crippen molar-refractivity contribution in [2.45, 2.75) is 6.92 Å². The number of carboxylic acids is 1. The molecule has 0 aliphatic carbocycles. The molecule has 1 N–H and O–H groups in total. The first kappa shape index (κ1) is 12.6. The maximum atomic E-state index is 10.8. The molecule has 0 amide bonds. The van der Waals surface area contributed by atoms with Gasteiger partial charge in [-0.3, -0.25) is 4.98 Å². The van der Waals surface area contributed by atoms with Crippen LogP contribution >= 0.6 is 15.9 Å². The molecule has 0 aliphatic rings. The van der Waals surface area contributed by atoms with Crippen molar-refractivity contribution < 1.29 is 14.6 Å². The molecule has 0 atom stereocenters. The van der Waals surface area contributed by atoms with E-state index in [-0.39, 0.29) is 5.56 Å². The van der Waals surface area contributed by atoms with Crippen LogP contribution in [0, 0.1) is 6.92 Å². The predicted molar refractivity (Wildman–Crippen MR) is 70.1 cm³/mol. The number of ether oxygens (including phenoxy) is 1. The molecular weight excluding hydrogens is 298 g/mol. The maximum absolute atomic E-state index is 10.8. The zero-order chi connectivity index (χ0) is 13.1. The third-order valence-corrected chi connectivity index (χ3v) is 2.82. The average Bonchev–Trinajstić information content (AvgIpc) is 2.33. The Balaban J connectivity index is 2.28. The van der Waals surface area contributed by atoms with E-state index < -0.39 is 5.97 Å². The van der Waals surface area contributed by atoms with Gasteiger partial charge in [0.05, 0.1) is 11.8 Å². The summed E-state index contributed by atoms with van der Waals surface area (Å²) in [5.41, 5.74) is 1.05. The van der Waals surface area contributed by atoms with E-state index in [4.69, 9.17) is 9.84 Å². The van der Waals surface area contributed by atoms with E-state index in [2.05, 4.69) is 20.9 Å². The molecule has 0 saturated carbocycles. The number of aryl methyl sites for hydroxylation is 1. The van der Waals surface area contributed by atoms with Crippen molar-refractivity contribution in [1.29, 1.82) is 0 Å². The van der Waals surface area contributed by atoms with Crippen LogP contribution in [0.3, 0.4) is 0 Å². The lowest BCUT2D eigenvalue weighted by molar-refractivity contribution is 0.0696. The Labute approximate surface area is 112 Å². The molecule has 0 spiro atoms. The summed E-state index contributed by atoms with van der Waals surface area (Å²) >= 11 is 3.37. The SMILES string of the molecule is Cc1cc(Br)ccc1Oc1cncc(C(=O)O)c1. The van der Waals surface area contributed by atoms with Crippen molar-refractivity contribution in [2.24, 2.45) is 0 Å². The van der Waals surface area contributed by atoms with Crippen LogP contribution in [0.5, 0.6) is 11.5 Å². The van der Waals surface area contributed by atoms with E-state index in [1.165, 1.54) is 18.5 Å². The number of nitrogens with zero attached hydrogens (tertiary/aromatic N) is 1. The molecule has 0 radical (unpaired) electrons. The van der Waals surface area contributed by atoms with Crippen LogP contribution in [-0.4, -0.2) is 16.1 Å². The van der Waals surface area contributed by atoms with Gasteiger partial charge in [-0.15, -0.1) is 0 Å². The molecule has 4 nitrogen and oxygen atoms in total. The Hall–Kier alpha value is -1.88. The fraction of sp³-hybridized carbons (Fsp3) is 0.0769. The number of hydrogen-bond acceptors (Lipinski definition) is 3. The first-order valence-corrected chi connectivity index (χ1v) is 5.98. The average molecular weight is 308 g/mol. The first-order valence-electron chi connectivity index (χ1n) is 5.18. The third-order valence-electron chi connectivity index (χ3n) is 2.32. The number of carbonyl (C=O) groups is 1. The smallest absolute Gasteiger partial charge is 0.337 e. The van der Waals surface area contributed by atoms with Crippen molar-refractivity contribution in [1.82, 2.24) is 4.98 Å². The van der Waals surface area contributed by atoms with Crippen molar-refractivity contribution in [2.75, 3.05) is 0 Å². The molecule has 1 aromatic heterocycles. The summed E-state index contributed by atoms with van der Waals surface area (Å²) in [6.45, 7) is 1.91. The summed E-state index contributed by atoms with van der Waals surface area (Å²) in [6.07, 6.45) is 2.76. The summed E-state index contributed by atoms with van der Waals surface area (Å²) in [4.78, 5) is 14.6. The third kappa shape index (κ3) is 2.87. The number of rotatable bonds is 3. The number of aromatic carboxylic acids is 1. The van der Waals surface area contributed by atoms with Gasteiger partial charge < -0.3 is 9.84 Å². The van der Waals surface area contributed by atoms with Crippen molar-refractivity contribution in [3.05, 3.63) is 52.3 Å². The molecule has 5 heteroatoms. The summed E-state index contributed by atoms with van der Waals surface area (Å²) in [5, 5.41) is 8.86. The van der Waals surface area contributed by atoms with Crippen molar-refractivity contribution in [3.63, 3.8) is 0 Å². The molecule has 92 valence electrons. The normalized spacial score (nSPS) is 10.1. The first-order chi connectivity index (χ1) is 8.56. The standard InChI is InChI=1S/C13H10BrNO3/c1-8-4-10(14)2-3-12(8)18-11-5-9(13(16)17)6-15-7-11/h2-7H,1H3,(H,16,17). The highest BCUT2D eigenvalue weighted by Crippen LogP contribution is 2.27. The van der Waals surface area contributed by atoms with Crippen LogP contribution in [0.2, 0.25) is 0 Å². The minimum absolute atomic E-state index is 0.0993. The summed E-state index contributed by atoms with van der Waals surface area (Å²) in [5.74, 6) is 0.0448. The van der Waals surface area contributed by atoms with E-state index in [1.807, 2.05) is 25.1 Å². The van der Waals surface area contributed by atoms with Crippen LogP contribution in [0.1, 0.15) is 15.9 Å². The molecule has 2 rings (SSSR count). The lowest BCUT2D eigenvalue weighted by atomic mass is 10.2. The van der Waals surface area contributed by atoms with Gasteiger partial charge in [-0.2, -0.15) is 0 Å². The molecular formula is C13H10BrNO3. The Morgan fingerprint density at radius 3 is 2.78 bits per heavy atom. The second kappa shape index (κ2) is 5.18. The highest BCUT2D eigenvalue weighted by molar-refractivity contribution is 9.10. The van der Waals surface area contributed by atoms with E-state index in [9.17, 15) is 4.79 Å². The Morgan fingerprint density at radius 2 is 2.11 bits per heavy atom. The fourth-order valence-corrected chi connectivity index (χ4v) is 1.92. The van der Waals surface area contributed by atoms with Gasteiger partial charge in [0.15, 0.2) is 0 Å². The summed E-state index contributed by atoms with van der Waals surface area (Å²) < 4.78 is 6.57. The van der Waals surface area contributed by atoms with Crippen LogP contribution in [0.15, 0.2) is 41.1 Å². The molecule has 0 fully saturated rings. The lowest BCUT2D eigenvalue weighted by Crippen LogP contribution is -1.97. The van der Waals surface area contributed by atoms with Gasteiger partial charge in [0.2, 0.25) is 0 Å². The Bertz CT molecular complexity index is 599. The lowest BCUT2D eigenvalue weighted by Gasteiger charge is -2.08. The number of aromatic nitrogens is 1. The quantitative estimate of drug-likeness (QED) is 0.940. The van der Waals surface area contributed by atoms with Crippen LogP contribution < -0.4 is 4.74 Å². The van der Waals surface area contributed by atoms with Gasteiger partial charge in [-0.05, 0) is 36.8 Å². The zero-order valence-electron chi connectivity index (χ0n) is 9.55. The Morgan fingerprint density at radius 1 is 1.33 bits per heavy atom. The second-order valence-electron chi connectivity index (χ2n) is 3.73. The largest absolute Gasteiger partial charge is 0.478 e. The van der Waals surface area contributed by atoms with Gasteiger partial charge >= 0.3 is 5.97 Å². The molecule has 0 unspecified atom stereocenters. The molecule has 1 heterocycles. The summed E-state index contributed by atoms with van der Waals surface area (Å²) in [6, 6.07) is 7.03. The van der Waals surface area contributed by atoms with E-state index in [0.29, 0.717) is 11.5 Å². The molecule has 18 heavy (non-hydrogen) atoms.